The van der Waals surface area contributed by atoms with Crippen LogP contribution in [0.4, 0.5) is 0 Å². The molecule has 15 heavy (non-hydrogen) atoms. The Morgan fingerprint density at radius 2 is 2.27 bits per heavy atom. The zero-order valence-corrected chi connectivity index (χ0v) is 10.6. The molecule has 1 atom stereocenters. The Labute approximate surface area is 98.9 Å². The van der Waals surface area contributed by atoms with Crippen molar-refractivity contribution in [2.45, 2.75) is 45.1 Å². The molecule has 0 amide bonds. The van der Waals surface area contributed by atoms with E-state index in [-0.39, 0.29) is 0 Å². The largest absolute Gasteiger partial charge is 0.380 e. The highest BCUT2D eigenvalue weighted by molar-refractivity contribution is 6.17. The van der Waals surface area contributed by atoms with Gasteiger partial charge in [0, 0.05) is 25.1 Å². The first-order chi connectivity index (χ1) is 7.38. The van der Waals surface area contributed by atoms with Crippen molar-refractivity contribution in [2.24, 2.45) is 0 Å². The summed E-state index contributed by atoms with van der Waals surface area (Å²) >= 11 is 5.73. The van der Waals surface area contributed by atoms with Crippen molar-refractivity contribution in [1.82, 2.24) is 4.90 Å². The lowest BCUT2D eigenvalue weighted by atomic mass is 10.1. The minimum absolute atomic E-state index is 0.772. The van der Waals surface area contributed by atoms with Gasteiger partial charge in [-0.3, -0.25) is 4.90 Å². The van der Waals surface area contributed by atoms with Gasteiger partial charge in [0.25, 0.3) is 0 Å². The van der Waals surface area contributed by atoms with E-state index >= 15 is 0 Å². The van der Waals surface area contributed by atoms with Gasteiger partial charge in [-0.1, -0.05) is 6.92 Å². The van der Waals surface area contributed by atoms with E-state index in [9.17, 15) is 0 Å². The molecular weight excluding hydrogens is 210 g/mol. The average molecular weight is 234 g/mol. The fraction of sp³-hybridized carbons (Fsp3) is 1.00. The van der Waals surface area contributed by atoms with Crippen LogP contribution in [0.2, 0.25) is 0 Å². The van der Waals surface area contributed by atoms with E-state index in [1.165, 1.54) is 25.8 Å². The van der Waals surface area contributed by atoms with Crippen molar-refractivity contribution >= 4 is 11.6 Å². The summed E-state index contributed by atoms with van der Waals surface area (Å²) in [6.45, 7) is 6.31. The number of halogens is 1. The van der Waals surface area contributed by atoms with Gasteiger partial charge in [0.05, 0.1) is 6.61 Å². The number of hydrogen-bond acceptors (Lipinski definition) is 2. The van der Waals surface area contributed by atoms with E-state index in [0.29, 0.717) is 0 Å². The molecule has 2 nitrogen and oxygen atoms in total. The Hall–Kier alpha value is 0.210. The molecule has 1 aliphatic rings. The first-order valence-electron chi connectivity index (χ1n) is 6.26. The predicted molar refractivity (Wildman–Crippen MR) is 65.7 cm³/mol. The molecule has 0 radical (unpaired) electrons. The van der Waals surface area contributed by atoms with Crippen molar-refractivity contribution in [3.8, 4) is 0 Å². The smallest absolute Gasteiger partial charge is 0.0593 e. The number of hydrogen-bond donors (Lipinski definition) is 0. The van der Waals surface area contributed by atoms with Gasteiger partial charge in [-0.05, 0) is 38.6 Å². The lowest BCUT2D eigenvalue weighted by Gasteiger charge is -2.23. The van der Waals surface area contributed by atoms with Gasteiger partial charge in [0.2, 0.25) is 0 Å². The Morgan fingerprint density at radius 3 is 3.00 bits per heavy atom. The summed E-state index contributed by atoms with van der Waals surface area (Å²) in [5.41, 5.74) is 0. The highest BCUT2D eigenvalue weighted by Crippen LogP contribution is 2.20. The molecule has 0 N–H and O–H groups in total. The fourth-order valence-corrected chi connectivity index (χ4v) is 2.41. The maximum Gasteiger partial charge on any atom is 0.0593 e. The summed E-state index contributed by atoms with van der Waals surface area (Å²) in [6, 6.07) is 0.772. The van der Waals surface area contributed by atoms with Crippen LogP contribution in [0, 0.1) is 0 Å². The Balaban J connectivity index is 2.09. The first-order valence-corrected chi connectivity index (χ1v) is 6.79. The molecule has 0 aromatic heterocycles. The summed E-state index contributed by atoms with van der Waals surface area (Å²) < 4.78 is 5.53. The number of rotatable bonds is 8. The van der Waals surface area contributed by atoms with Crippen molar-refractivity contribution < 1.29 is 4.74 Å². The van der Waals surface area contributed by atoms with Crippen LogP contribution in [0.1, 0.15) is 39.0 Å². The molecule has 0 spiro atoms. The van der Waals surface area contributed by atoms with Crippen LogP contribution in [-0.4, -0.2) is 43.1 Å². The van der Waals surface area contributed by atoms with Crippen LogP contribution in [0.15, 0.2) is 0 Å². The van der Waals surface area contributed by atoms with Crippen LogP contribution in [-0.2, 0) is 4.74 Å². The van der Waals surface area contributed by atoms with Gasteiger partial charge in [-0.15, -0.1) is 11.6 Å². The second-order valence-corrected chi connectivity index (χ2v) is 4.65. The molecule has 0 aromatic carbocycles. The molecule has 1 fully saturated rings. The Bertz CT molecular complexity index is 155. The van der Waals surface area contributed by atoms with Crippen molar-refractivity contribution in [1.29, 1.82) is 0 Å². The Kier molecular flexibility index (Phi) is 7.41. The van der Waals surface area contributed by atoms with Crippen LogP contribution in [0.3, 0.4) is 0 Å². The van der Waals surface area contributed by atoms with E-state index in [1.807, 2.05) is 0 Å². The van der Waals surface area contributed by atoms with E-state index in [2.05, 4.69) is 11.8 Å². The SMILES string of the molecule is CCCOCCN1CCCC1CCCCl. The monoisotopic (exact) mass is 233 g/mol. The van der Waals surface area contributed by atoms with Crippen LogP contribution < -0.4 is 0 Å². The maximum absolute atomic E-state index is 5.73. The summed E-state index contributed by atoms with van der Waals surface area (Å²) in [5, 5.41) is 0. The standard InChI is InChI=1S/C12H24ClNO/c1-2-10-15-11-9-14-8-4-6-12(14)5-3-7-13/h12H,2-11H2,1H3. The summed E-state index contributed by atoms with van der Waals surface area (Å²) in [5.74, 6) is 0.802. The van der Waals surface area contributed by atoms with E-state index < -0.39 is 0 Å². The zero-order chi connectivity index (χ0) is 10.9. The third-order valence-corrected chi connectivity index (χ3v) is 3.31. The second-order valence-electron chi connectivity index (χ2n) is 4.28. The number of ether oxygens (including phenoxy) is 1. The maximum atomic E-state index is 5.73. The highest BCUT2D eigenvalue weighted by atomic mass is 35.5. The van der Waals surface area contributed by atoms with Gasteiger partial charge in [-0.25, -0.2) is 0 Å². The third-order valence-electron chi connectivity index (χ3n) is 3.04. The van der Waals surface area contributed by atoms with Gasteiger partial charge in [0.15, 0.2) is 0 Å². The average Bonchev–Trinajstić information content (AvgIpc) is 2.69. The lowest BCUT2D eigenvalue weighted by Crippen LogP contribution is -2.32. The third kappa shape index (κ3) is 5.19. The summed E-state index contributed by atoms with van der Waals surface area (Å²) in [4.78, 5) is 2.57. The van der Waals surface area contributed by atoms with Gasteiger partial charge in [-0.2, -0.15) is 0 Å². The van der Waals surface area contributed by atoms with Gasteiger partial charge in [0.1, 0.15) is 0 Å². The quantitative estimate of drug-likeness (QED) is 0.472. The van der Waals surface area contributed by atoms with Crippen LogP contribution in [0.5, 0.6) is 0 Å². The van der Waals surface area contributed by atoms with Crippen molar-refractivity contribution in [2.75, 3.05) is 32.2 Å². The molecule has 1 unspecified atom stereocenters. The van der Waals surface area contributed by atoms with Gasteiger partial charge >= 0.3 is 0 Å². The molecule has 0 aromatic rings. The molecule has 0 aliphatic carbocycles. The number of alkyl halides is 1. The molecule has 1 aliphatic heterocycles. The van der Waals surface area contributed by atoms with E-state index in [0.717, 1.165) is 44.5 Å². The minimum Gasteiger partial charge on any atom is -0.380 e. The van der Waals surface area contributed by atoms with Crippen LogP contribution >= 0.6 is 11.6 Å². The fourth-order valence-electron chi connectivity index (χ4n) is 2.26. The number of likely N-dealkylation sites (tertiary alicyclic amines) is 1. The summed E-state index contributed by atoms with van der Waals surface area (Å²) in [6.07, 6.45) is 6.23. The Morgan fingerprint density at radius 1 is 1.40 bits per heavy atom. The molecular formula is C12H24ClNO. The summed E-state index contributed by atoms with van der Waals surface area (Å²) in [7, 11) is 0. The normalized spacial score (nSPS) is 22.4. The molecule has 0 bridgehead atoms. The topological polar surface area (TPSA) is 12.5 Å². The van der Waals surface area contributed by atoms with Crippen molar-refractivity contribution in [3.63, 3.8) is 0 Å². The lowest BCUT2D eigenvalue weighted by molar-refractivity contribution is 0.0983. The molecule has 0 saturated carbocycles. The minimum atomic E-state index is 0.772. The van der Waals surface area contributed by atoms with Crippen LogP contribution in [0.25, 0.3) is 0 Å². The molecule has 90 valence electrons. The molecule has 1 heterocycles. The first kappa shape index (κ1) is 13.3. The zero-order valence-electron chi connectivity index (χ0n) is 9.88. The van der Waals surface area contributed by atoms with E-state index in [4.69, 9.17) is 16.3 Å². The molecule has 3 heteroatoms. The van der Waals surface area contributed by atoms with Crippen molar-refractivity contribution in [3.05, 3.63) is 0 Å². The molecule has 1 rings (SSSR count). The highest BCUT2D eigenvalue weighted by Gasteiger charge is 2.23. The van der Waals surface area contributed by atoms with E-state index in [1.54, 1.807) is 0 Å². The second kappa shape index (κ2) is 8.37. The molecule has 1 saturated heterocycles. The number of nitrogens with zero attached hydrogens (tertiary/aromatic N) is 1. The predicted octanol–water partition coefficient (Wildman–Crippen LogP) is 2.90. The van der Waals surface area contributed by atoms with Gasteiger partial charge < -0.3 is 4.74 Å².